The first-order valence-corrected chi connectivity index (χ1v) is 12.2. The van der Waals surface area contributed by atoms with Crippen molar-refractivity contribution < 1.29 is 24.1 Å². The maximum absolute atomic E-state index is 13.0. The topological polar surface area (TPSA) is 71.5 Å². The van der Waals surface area contributed by atoms with Crippen molar-refractivity contribution in [2.24, 2.45) is 0 Å². The van der Waals surface area contributed by atoms with Crippen molar-refractivity contribution in [1.29, 1.82) is 0 Å². The van der Waals surface area contributed by atoms with Gasteiger partial charge < -0.3 is 24.2 Å². The van der Waals surface area contributed by atoms with Gasteiger partial charge in [-0.3, -0.25) is 9.69 Å². The van der Waals surface area contributed by atoms with E-state index >= 15 is 0 Å². The lowest BCUT2D eigenvalue weighted by atomic mass is 9.95. The molecule has 2 aromatic rings. The minimum Gasteiger partial charge on any atom is -0.497 e. The number of para-hydroxylation sites is 1. The average Bonchev–Trinajstić information content (AvgIpc) is 3.01. The van der Waals surface area contributed by atoms with Crippen molar-refractivity contribution in [3.8, 4) is 11.5 Å². The Kier molecular flexibility index (Phi) is 7.67. The van der Waals surface area contributed by atoms with Gasteiger partial charge in [0, 0.05) is 37.9 Å². The molecular weight excluding hydrogens is 440 g/mol. The fourth-order valence-corrected chi connectivity index (χ4v) is 5.85. The number of rotatable bonds is 7. The van der Waals surface area contributed by atoms with E-state index in [9.17, 15) is 9.90 Å². The molecule has 1 N–H and O–H groups in total. The summed E-state index contributed by atoms with van der Waals surface area (Å²) in [5.41, 5.74) is 1.26. The molecule has 2 aliphatic rings. The Balaban J connectivity index is 1.40. The molecule has 8 heteroatoms. The highest BCUT2D eigenvalue weighted by Crippen LogP contribution is 2.47. The third-order valence-corrected chi connectivity index (χ3v) is 7.99. The van der Waals surface area contributed by atoms with E-state index in [4.69, 9.17) is 14.2 Å². The van der Waals surface area contributed by atoms with Gasteiger partial charge in [0.25, 0.3) is 0 Å². The molecule has 0 saturated carbocycles. The van der Waals surface area contributed by atoms with Gasteiger partial charge in [-0.1, -0.05) is 18.2 Å². The van der Waals surface area contributed by atoms with Crippen LogP contribution in [0.5, 0.6) is 11.5 Å². The van der Waals surface area contributed by atoms with E-state index in [1.165, 1.54) is 24.6 Å². The van der Waals surface area contributed by atoms with Crippen molar-refractivity contribution in [2.75, 3.05) is 58.5 Å². The molecule has 0 aliphatic carbocycles. The summed E-state index contributed by atoms with van der Waals surface area (Å²) in [7, 11) is 2.97. The smallest absolute Gasteiger partial charge is 0.325 e. The van der Waals surface area contributed by atoms with Crippen molar-refractivity contribution in [3.63, 3.8) is 0 Å². The predicted octanol–water partition coefficient (Wildman–Crippen LogP) is 3.05. The van der Waals surface area contributed by atoms with Crippen LogP contribution in [-0.4, -0.2) is 80.4 Å². The molecule has 1 fully saturated rings. The zero-order chi connectivity index (χ0) is 23.3. The Bertz CT molecular complexity index is 936. The van der Waals surface area contributed by atoms with E-state index < -0.39 is 16.8 Å². The first kappa shape index (κ1) is 23.7. The molecule has 0 unspecified atom stereocenters. The van der Waals surface area contributed by atoms with Gasteiger partial charge in [-0.2, -0.15) is 0 Å². The van der Waals surface area contributed by atoms with E-state index in [0.717, 1.165) is 44.0 Å². The second-order valence-corrected chi connectivity index (χ2v) is 9.76. The molecule has 0 bridgehead atoms. The molecule has 0 amide bonds. The van der Waals surface area contributed by atoms with Gasteiger partial charge in [0.05, 0.1) is 19.1 Å². The van der Waals surface area contributed by atoms with Crippen LogP contribution in [-0.2, 0) is 9.53 Å². The molecule has 4 rings (SSSR count). The summed E-state index contributed by atoms with van der Waals surface area (Å²) < 4.78 is 15.2. The number of aliphatic hydroxyl groups is 1. The highest BCUT2D eigenvalue weighted by molar-refractivity contribution is 8.01. The summed E-state index contributed by atoms with van der Waals surface area (Å²) in [6.07, 6.45) is 0.290. The lowest BCUT2D eigenvalue weighted by Crippen LogP contribution is -2.50. The number of ether oxygens (including phenoxy) is 3. The molecule has 0 aromatic heterocycles. The number of esters is 1. The van der Waals surface area contributed by atoms with Crippen LogP contribution in [0.1, 0.15) is 12.8 Å². The maximum atomic E-state index is 13.0. The van der Waals surface area contributed by atoms with Gasteiger partial charge in [0.2, 0.25) is 0 Å². The van der Waals surface area contributed by atoms with Crippen LogP contribution in [0.2, 0.25) is 0 Å². The Hall–Kier alpha value is -2.42. The number of carbonyl (C=O) groups excluding carboxylic acids is 1. The lowest BCUT2D eigenvalue weighted by Gasteiger charge is -2.37. The van der Waals surface area contributed by atoms with E-state index in [-0.39, 0.29) is 6.61 Å². The number of benzene rings is 2. The van der Waals surface area contributed by atoms with Crippen LogP contribution in [0.3, 0.4) is 0 Å². The second-order valence-electron chi connectivity index (χ2n) is 8.39. The highest BCUT2D eigenvalue weighted by atomic mass is 32.2. The van der Waals surface area contributed by atoms with Crippen LogP contribution in [0, 0.1) is 0 Å². The number of hydrogen-bond donors (Lipinski definition) is 1. The molecule has 0 spiro atoms. The second kappa shape index (κ2) is 10.7. The van der Waals surface area contributed by atoms with Crippen molar-refractivity contribution in [1.82, 2.24) is 4.90 Å². The summed E-state index contributed by atoms with van der Waals surface area (Å²) in [5.74, 6) is 0.867. The molecule has 1 saturated heterocycles. The van der Waals surface area contributed by atoms with Gasteiger partial charge in [0.15, 0.2) is 0 Å². The number of anilines is 1. The zero-order valence-corrected chi connectivity index (χ0v) is 20.1. The third-order valence-electron chi connectivity index (χ3n) is 6.43. The SMILES string of the molecule is COC(=O)[C@]1(CCCN2CCN(c3ccccc3)CC2)Sc2ccc(OC)cc2OC[C@@H]1O. The Labute approximate surface area is 199 Å². The van der Waals surface area contributed by atoms with Crippen LogP contribution < -0.4 is 14.4 Å². The molecule has 2 aliphatic heterocycles. The molecule has 0 radical (unpaired) electrons. The Morgan fingerprint density at radius 2 is 1.91 bits per heavy atom. The normalized spacial score (nSPS) is 23.2. The molecule has 2 atom stereocenters. The van der Waals surface area contributed by atoms with E-state index in [2.05, 4.69) is 34.1 Å². The van der Waals surface area contributed by atoms with Crippen molar-refractivity contribution in [3.05, 3.63) is 48.5 Å². The lowest BCUT2D eigenvalue weighted by molar-refractivity contribution is -0.147. The largest absolute Gasteiger partial charge is 0.497 e. The van der Waals surface area contributed by atoms with Crippen molar-refractivity contribution in [2.45, 2.75) is 28.6 Å². The van der Waals surface area contributed by atoms with Crippen LogP contribution >= 0.6 is 11.8 Å². The number of nitrogens with zero attached hydrogens (tertiary/aromatic N) is 2. The minimum atomic E-state index is -1.11. The molecule has 7 nitrogen and oxygen atoms in total. The minimum absolute atomic E-state index is 0.0258. The highest BCUT2D eigenvalue weighted by Gasteiger charge is 2.49. The molecule has 2 heterocycles. The third kappa shape index (κ3) is 5.23. The van der Waals surface area contributed by atoms with Gasteiger partial charge in [-0.05, 0) is 43.7 Å². The van der Waals surface area contributed by atoms with Gasteiger partial charge in [0.1, 0.15) is 29.0 Å². The number of carbonyl (C=O) groups is 1. The van der Waals surface area contributed by atoms with E-state index in [1.807, 2.05) is 18.2 Å². The fraction of sp³-hybridized carbons (Fsp3) is 0.480. The molecular formula is C25H32N2O5S. The number of aliphatic hydroxyl groups excluding tert-OH is 1. The first-order chi connectivity index (χ1) is 16.1. The number of piperazine rings is 1. The molecule has 33 heavy (non-hydrogen) atoms. The average molecular weight is 473 g/mol. The number of thioether (sulfide) groups is 1. The van der Waals surface area contributed by atoms with Gasteiger partial charge >= 0.3 is 5.97 Å². The van der Waals surface area contributed by atoms with Crippen LogP contribution in [0.25, 0.3) is 0 Å². The number of fused-ring (bicyclic) bond motifs is 1. The Morgan fingerprint density at radius 3 is 2.61 bits per heavy atom. The van der Waals surface area contributed by atoms with Crippen molar-refractivity contribution >= 4 is 23.4 Å². The first-order valence-electron chi connectivity index (χ1n) is 11.3. The summed E-state index contributed by atoms with van der Waals surface area (Å²) in [5, 5.41) is 11.0. The fourth-order valence-electron chi connectivity index (χ4n) is 4.48. The van der Waals surface area contributed by atoms with E-state index in [1.54, 1.807) is 13.2 Å². The summed E-state index contributed by atoms with van der Waals surface area (Å²) >= 11 is 1.34. The molecule has 2 aromatic carbocycles. The zero-order valence-electron chi connectivity index (χ0n) is 19.2. The molecule has 178 valence electrons. The standard InChI is InChI=1S/C25H32N2O5S/c1-30-20-9-10-22-21(17-20)32-18-23(28)25(33-22,24(29)31-2)11-6-12-26-13-15-27(16-14-26)19-7-4-3-5-8-19/h3-5,7-10,17,23,28H,6,11-16,18H2,1-2H3/t23-,25+/m0/s1. The Morgan fingerprint density at radius 1 is 1.15 bits per heavy atom. The maximum Gasteiger partial charge on any atom is 0.325 e. The summed E-state index contributed by atoms with van der Waals surface area (Å²) in [6, 6.07) is 16.0. The van der Waals surface area contributed by atoms with Crippen LogP contribution in [0.15, 0.2) is 53.4 Å². The summed E-state index contributed by atoms with van der Waals surface area (Å²) in [6.45, 7) is 4.80. The summed E-state index contributed by atoms with van der Waals surface area (Å²) in [4.78, 5) is 18.6. The predicted molar refractivity (Wildman–Crippen MR) is 129 cm³/mol. The quantitative estimate of drug-likeness (QED) is 0.617. The monoisotopic (exact) mass is 472 g/mol. The van der Waals surface area contributed by atoms with E-state index in [0.29, 0.717) is 17.9 Å². The number of methoxy groups -OCH3 is 2. The number of hydrogen-bond acceptors (Lipinski definition) is 8. The van der Waals surface area contributed by atoms with Gasteiger partial charge in [-0.25, -0.2) is 0 Å². The van der Waals surface area contributed by atoms with Gasteiger partial charge in [-0.15, -0.1) is 11.8 Å². The van der Waals surface area contributed by atoms with Crippen LogP contribution in [0.4, 0.5) is 5.69 Å².